The average Bonchev–Trinajstić information content (AvgIpc) is 2.24. The average molecular weight is 259 g/mol. The number of esters is 1. The predicted octanol–water partition coefficient (Wildman–Crippen LogP) is -1.27. The summed E-state index contributed by atoms with van der Waals surface area (Å²) in [5.74, 6) is -0.693. The van der Waals surface area contributed by atoms with Gasteiger partial charge >= 0.3 is 5.97 Å². The summed E-state index contributed by atoms with van der Waals surface area (Å²) in [5, 5.41) is 5.19. The third-order valence-electron chi connectivity index (χ3n) is 1.94. The minimum atomic E-state index is -0.356. The summed E-state index contributed by atoms with van der Waals surface area (Å²) in [4.78, 5) is 34.7. The van der Waals surface area contributed by atoms with Gasteiger partial charge in [0.2, 0.25) is 11.8 Å². The van der Waals surface area contributed by atoms with Gasteiger partial charge in [0.25, 0.3) is 0 Å². The quantitative estimate of drug-likeness (QED) is 0.419. The van der Waals surface area contributed by atoms with Crippen molar-refractivity contribution < 1.29 is 19.1 Å². The second-order valence-electron chi connectivity index (χ2n) is 3.81. The molecule has 0 aromatic carbocycles. The summed E-state index contributed by atoms with van der Waals surface area (Å²) >= 11 is 0. The van der Waals surface area contributed by atoms with Crippen molar-refractivity contribution >= 4 is 17.8 Å². The Kier molecular flexibility index (Phi) is 8.55. The predicted molar refractivity (Wildman–Crippen MR) is 65.8 cm³/mol. The molecule has 0 aliphatic rings. The van der Waals surface area contributed by atoms with E-state index in [4.69, 9.17) is 4.74 Å². The molecule has 7 nitrogen and oxygen atoms in total. The lowest BCUT2D eigenvalue weighted by Gasteiger charge is -2.15. The van der Waals surface area contributed by atoms with Gasteiger partial charge in [0.1, 0.15) is 0 Å². The van der Waals surface area contributed by atoms with Crippen molar-refractivity contribution in [3.8, 4) is 0 Å². The zero-order valence-electron chi connectivity index (χ0n) is 11.1. The van der Waals surface area contributed by atoms with E-state index in [0.29, 0.717) is 19.7 Å². The molecule has 0 rings (SSSR count). The number of nitrogens with one attached hydrogen (secondary N) is 2. The molecule has 7 heteroatoms. The first-order chi connectivity index (χ1) is 8.45. The van der Waals surface area contributed by atoms with Crippen LogP contribution in [0.25, 0.3) is 0 Å². The van der Waals surface area contributed by atoms with Crippen molar-refractivity contribution in [2.24, 2.45) is 0 Å². The lowest BCUT2D eigenvalue weighted by atomic mass is 10.4. The van der Waals surface area contributed by atoms with Gasteiger partial charge < -0.3 is 15.4 Å². The Bertz CT molecular complexity index is 294. The lowest BCUT2D eigenvalue weighted by molar-refractivity contribution is -0.144. The standard InChI is InChI=1S/C11H21N3O4/c1-4-18-11(17)8-14(3)7-10(16)13-6-5-12-9(2)15/h4-8H2,1-3H3,(H,12,15)(H,13,16). The molecule has 104 valence electrons. The summed E-state index contributed by atoms with van der Waals surface area (Å²) < 4.78 is 4.76. The minimum absolute atomic E-state index is 0.0763. The van der Waals surface area contributed by atoms with Gasteiger partial charge in [0.05, 0.1) is 19.7 Å². The van der Waals surface area contributed by atoms with E-state index in [1.165, 1.54) is 6.92 Å². The molecule has 0 spiro atoms. The lowest BCUT2D eigenvalue weighted by Crippen LogP contribution is -2.40. The maximum absolute atomic E-state index is 11.4. The Hall–Kier alpha value is -1.63. The van der Waals surface area contributed by atoms with E-state index >= 15 is 0 Å². The molecule has 0 aliphatic heterocycles. The number of amides is 2. The maximum atomic E-state index is 11.4. The Morgan fingerprint density at radius 1 is 1.11 bits per heavy atom. The summed E-state index contributed by atoms with van der Waals surface area (Å²) in [6.45, 7) is 4.41. The van der Waals surface area contributed by atoms with E-state index in [9.17, 15) is 14.4 Å². The molecule has 0 fully saturated rings. The van der Waals surface area contributed by atoms with E-state index in [1.807, 2.05) is 0 Å². The molecular weight excluding hydrogens is 238 g/mol. The molecule has 0 heterocycles. The smallest absolute Gasteiger partial charge is 0.320 e. The van der Waals surface area contributed by atoms with Crippen LogP contribution in [0.3, 0.4) is 0 Å². The number of ether oxygens (including phenoxy) is 1. The molecule has 0 unspecified atom stereocenters. The third-order valence-corrected chi connectivity index (χ3v) is 1.94. The van der Waals surface area contributed by atoms with Gasteiger partial charge in [-0.3, -0.25) is 19.3 Å². The van der Waals surface area contributed by atoms with Crippen molar-refractivity contribution in [2.75, 3.05) is 39.8 Å². The number of likely N-dealkylation sites (N-methyl/N-ethyl adjacent to an activating group) is 1. The number of carbonyl (C=O) groups is 3. The summed E-state index contributed by atoms with van der Waals surface area (Å²) in [7, 11) is 1.66. The van der Waals surface area contributed by atoms with E-state index in [-0.39, 0.29) is 30.9 Å². The molecule has 18 heavy (non-hydrogen) atoms. The van der Waals surface area contributed by atoms with Crippen LogP contribution < -0.4 is 10.6 Å². The van der Waals surface area contributed by atoms with Crippen molar-refractivity contribution in [2.45, 2.75) is 13.8 Å². The van der Waals surface area contributed by atoms with Gasteiger partial charge in [0, 0.05) is 20.0 Å². The Morgan fingerprint density at radius 2 is 1.72 bits per heavy atom. The molecule has 0 aliphatic carbocycles. The van der Waals surface area contributed by atoms with E-state index in [0.717, 1.165) is 0 Å². The fraction of sp³-hybridized carbons (Fsp3) is 0.727. The number of hydrogen-bond acceptors (Lipinski definition) is 5. The largest absolute Gasteiger partial charge is 0.465 e. The van der Waals surface area contributed by atoms with Gasteiger partial charge in [0.15, 0.2) is 0 Å². The van der Waals surface area contributed by atoms with Gasteiger partial charge in [-0.05, 0) is 14.0 Å². The van der Waals surface area contributed by atoms with Gasteiger partial charge in [-0.25, -0.2) is 0 Å². The van der Waals surface area contributed by atoms with E-state index in [2.05, 4.69) is 10.6 Å². The highest BCUT2D eigenvalue weighted by Gasteiger charge is 2.10. The number of hydrogen-bond donors (Lipinski definition) is 2. The fourth-order valence-corrected chi connectivity index (χ4v) is 1.22. The number of rotatable bonds is 8. The zero-order chi connectivity index (χ0) is 14.0. The van der Waals surface area contributed by atoms with Gasteiger partial charge in [-0.2, -0.15) is 0 Å². The topological polar surface area (TPSA) is 87.7 Å². The van der Waals surface area contributed by atoms with Gasteiger partial charge in [-0.1, -0.05) is 0 Å². The van der Waals surface area contributed by atoms with Crippen molar-refractivity contribution in [1.29, 1.82) is 0 Å². The first-order valence-electron chi connectivity index (χ1n) is 5.81. The number of carbonyl (C=O) groups excluding carboxylic acids is 3. The van der Waals surface area contributed by atoms with Gasteiger partial charge in [-0.15, -0.1) is 0 Å². The SMILES string of the molecule is CCOC(=O)CN(C)CC(=O)NCCNC(C)=O. The molecule has 2 N–H and O–H groups in total. The molecule has 0 atom stereocenters. The Labute approximate surface area is 107 Å². The molecule has 0 aromatic heterocycles. The highest BCUT2D eigenvalue weighted by atomic mass is 16.5. The van der Waals surface area contributed by atoms with Crippen LogP contribution in [0.1, 0.15) is 13.8 Å². The van der Waals surface area contributed by atoms with Crippen LogP contribution in [0.2, 0.25) is 0 Å². The first-order valence-corrected chi connectivity index (χ1v) is 5.81. The second-order valence-corrected chi connectivity index (χ2v) is 3.81. The maximum Gasteiger partial charge on any atom is 0.320 e. The third kappa shape index (κ3) is 9.59. The van der Waals surface area contributed by atoms with Crippen LogP contribution in [-0.2, 0) is 19.1 Å². The molecule has 0 radical (unpaired) electrons. The fourth-order valence-electron chi connectivity index (χ4n) is 1.22. The minimum Gasteiger partial charge on any atom is -0.465 e. The zero-order valence-corrected chi connectivity index (χ0v) is 11.1. The molecule has 2 amide bonds. The second kappa shape index (κ2) is 9.41. The van der Waals surface area contributed by atoms with E-state index < -0.39 is 0 Å². The van der Waals surface area contributed by atoms with Crippen molar-refractivity contribution in [3.63, 3.8) is 0 Å². The molecule has 0 aromatic rings. The Balaban J connectivity index is 3.67. The van der Waals surface area contributed by atoms with Crippen LogP contribution in [0, 0.1) is 0 Å². The molecule has 0 saturated carbocycles. The van der Waals surface area contributed by atoms with Crippen LogP contribution in [0.4, 0.5) is 0 Å². The summed E-state index contributed by atoms with van der Waals surface area (Å²) in [6, 6.07) is 0. The normalized spacial score (nSPS) is 10.0. The molecule has 0 bridgehead atoms. The first kappa shape index (κ1) is 16.4. The highest BCUT2D eigenvalue weighted by molar-refractivity contribution is 5.79. The van der Waals surface area contributed by atoms with Crippen molar-refractivity contribution in [1.82, 2.24) is 15.5 Å². The molecular formula is C11H21N3O4. The van der Waals surface area contributed by atoms with Crippen LogP contribution in [0.15, 0.2) is 0 Å². The summed E-state index contributed by atoms with van der Waals surface area (Å²) in [6.07, 6.45) is 0. The summed E-state index contributed by atoms with van der Waals surface area (Å²) in [5.41, 5.74) is 0. The monoisotopic (exact) mass is 259 g/mol. The molecule has 0 saturated heterocycles. The van der Waals surface area contributed by atoms with Crippen LogP contribution >= 0.6 is 0 Å². The van der Waals surface area contributed by atoms with Crippen LogP contribution in [0.5, 0.6) is 0 Å². The van der Waals surface area contributed by atoms with Crippen LogP contribution in [-0.4, -0.2) is 62.5 Å². The number of nitrogens with zero attached hydrogens (tertiary/aromatic N) is 1. The highest BCUT2D eigenvalue weighted by Crippen LogP contribution is 1.85. The Morgan fingerprint density at radius 3 is 2.28 bits per heavy atom. The van der Waals surface area contributed by atoms with E-state index in [1.54, 1.807) is 18.9 Å². The van der Waals surface area contributed by atoms with Crippen molar-refractivity contribution in [3.05, 3.63) is 0 Å².